The number of nitrogens with zero attached hydrogens (tertiary/aromatic N) is 1. The van der Waals surface area contributed by atoms with E-state index in [1.165, 1.54) is 17.2 Å². The Labute approximate surface area is 108 Å². The second-order valence-electron chi connectivity index (χ2n) is 3.78. The highest BCUT2D eigenvalue weighted by molar-refractivity contribution is 7.11. The number of carboxylic acids is 1. The van der Waals surface area contributed by atoms with Crippen LogP contribution in [-0.2, 0) is 19.5 Å². The van der Waals surface area contributed by atoms with Crippen LogP contribution in [0.5, 0.6) is 0 Å². The summed E-state index contributed by atoms with van der Waals surface area (Å²) in [4.78, 5) is 16.2. The average Bonchev–Trinajstić information content (AvgIpc) is 2.97. The Bertz CT molecular complexity index is 533. The van der Waals surface area contributed by atoms with Gasteiger partial charge in [0.15, 0.2) is 0 Å². The molecule has 2 rings (SSSR count). The van der Waals surface area contributed by atoms with Gasteiger partial charge in [-0.15, -0.1) is 11.3 Å². The van der Waals surface area contributed by atoms with Crippen molar-refractivity contribution in [2.75, 3.05) is 0 Å². The quantitative estimate of drug-likeness (QED) is 0.839. The van der Waals surface area contributed by atoms with Crippen molar-refractivity contribution < 1.29 is 14.3 Å². The van der Waals surface area contributed by atoms with E-state index in [0.717, 1.165) is 11.4 Å². The third-order valence-corrected chi connectivity index (χ3v) is 3.57. The Morgan fingerprint density at radius 3 is 3.00 bits per heavy atom. The van der Waals surface area contributed by atoms with E-state index in [-0.39, 0.29) is 5.56 Å². The van der Waals surface area contributed by atoms with Gasteiger partial charge in [-0.05, 0) is 12.5 Å². The molecule has 0 bridgehead atoms. The lowest BCUT2D eigenvalue weighted by Crippen LogP contribution is -2.11. The Hall–Kier alpha value is -1.66. The van der Waals surface area contributed by atoms with Gasteiger partial charge in [-0.3, -0.25) is 0 Å². The smallest absolute Gasteiger partial charge is 0.338 e. The highest BCUT2D eigenvalue weighted by Crippen LogP contribution is 2.13. The molecule has 0 aliphatic carbocycles. The average molecular weight is 266 g/mol. The van der Waals surface area contributed by atoms with Crippen molar-refractivity contribution in [1.29, 1.82) is 0 Å². The fourth-order valence-electron chi connectivity index (χ4n) is 1.47. The molecule has 0 saturated carbocycles. The van der Waals surface area contributed by atoms with Gasteiger partial charge in [0.1, 0.15) is 17.0 Å². The van der Waals surface area contributed by atoms with Gasteiger partial charge in [0.2, 0.25) is 0 Å². The molecule has 0 atom stereocenters. The Balaban J connectivity index is 1.82. The molecular weight excluding hydrogens is 252 g/mol. The van der Waals surface area contributed by atoms with Crippen LogP contribution in [-0.4, -0.2) is 16.1 Å². The molecule has 2 N–H and O–H groups in total. The summed E-state index contributed by atoms with van der Waals surface area (Å²) >= 11 is 1.68. The highest BCUT2D eigenvalue weighted by Gasteiger charge is 2.08. The predicted octanol–water partition coefficient (Wildman–Crippen LogP) is 2.29. The van der Waals surface area contributed by atoms with Gasteiger partial charge in [-0.1, -0.05) is 6.92 Å². The number of aromatic carboxylic acids is 1. The molecule has 2 aromatic rings. The van der Waals surface area contributed by atoms with Crippen LogP contribution in [0.2, 0.25) is 0 Å². The maximum atomic E-state index is 10.7. The minimum atomic E-state index is -0.975. The summed E-state index contributed by atoms with van der Waals surface area (Å²) in [7, 11) is 0. The first-order valence-corrected chi connectivity index (χ1v) is 6.45. The first-order chi connectivity index (χ1) is 8.69. The molecule has 2 aromatic heterocycles. The van der Waals surface area contributed by atoms with Crippen LogP contribution < -0.4 is 5.32 Å². The molecule has 0 radical (unpaired) electrons. The van der Waals surface area contributed by atoms with Crippen LogP contribution in [0.3, 0.4) is 0 Å². The van der Waals surface area contributed by atoms with Gasteiger partial charge < -0.3 is 14.8 Å². The number of aromatic nitrogens is 1. The highest BCUT2D eigenvalue weighted by atomic mass is 32.1. The van der Waals surface area contributed by atoms with E-state index in [1.54, 1.807) is 11.3 Å². The van der Waals surface area contributed by atoms with Crippen molar-refractivity contribution >= 4 is 17.3 Å². The zero-order valence-electron chi connectivity index (χ0n) is 9.97. The molecule has 5 nitrogen and oxygen atoms in total. The summed E-state index contributed by atoms with van der Waals surface area (Å²) in [6.07, 6.45) is 4.13. The molecule has 96 valence electrons. The number of carbonyl (C=O) groups is 1. The van der Waals surface area contributed by atoms with E-state index < -0.39 is 5.97 Å². The van der Waals surface area contributed by atoms with Crippen LogP contribution in [0.25, 0.3) is 0 Å². The van der Waals surface area contributed by atoms with Crippen LogP contribution in [0, 0.1) is 0 Å². The van der Waals surface area contributed by atoms with Gasteiger partial charge in [-0.2, -0.15) is 0 Å². The van der Waals surface area contributed by atoms with Gasteiger partial charge in [0, 0.05) is 17.6 Å². The van der Waals surface area contributed by atoms with E-state index in [4.69, 9.17) is 9.52 Å². The Kier molecular flexibility index (Phi) is 4.11. The third-order valence-electron chi connectivity index (χ3n) is 2.43. The van der Waals surface area contributed by atoms with Gasteiger partial charge in [-0.25, -0.2) is 9.78 Å². The standard InChI is InChI=1S/C12H14N2O3S/c1-2-10-5-14-11(18-10)6-13-4-9-3-8(7-17-9)12(15)16/h3,5,7,13H,2,4,6H2,1H3,(H,15,16). The van der Waals surface area contributed by atoms with Crippen LogP contribution in [0.1, 0.15) is 32.9 Å². The number of thiazole rings is 1. The topological polar surface area (TPSA) is 75.4 Å². The largest absolute Gasteiger partial charge is 0.478 e. The summed E-state index contributed by atoms with van der Waals surface area (Å²) in [6.45, 7) is 3.25. The number of nitrogens with one attached hydrogen (secondary N) is 1. The second-order valence-corrected chi connectivity index (χ2v) is 4.98. The zero-order valence-corrected chi connectivity index (χ0v) is 10.8. The van der Waals surface area contributed by atoms with Crippen molar-refractivity contribution in [2.24, 2.45) is 0 Å². The molecule has 0 fully saturated rings. The molecule has 6 heteroatoms. The lowest BCUT2D eigenvalue weighted by Gasteiger charge is -1.98. The number of rotatable bonds is 6. The van der Waals surface area contributed by atoms with Crippen molar-refractivity contribution in [1.82, 2.24) is 10.3 Å². The monoisotopic (exact) mass is 266 g/mol. The predicted molar refractivity (Wildman–Crippen MR) is 67.7 cm³/mol. The van der Waals surface area contributed by atoms with Gasteiger partial charge in [0.25, 0.3) is 0 Å². The number of furan rings is 1. The first kappa shape index (κ1) is 12.8. The molecule has 0 aliphatic heterocycles. The Morgan fingerprint density at radius 1 is 1.56 bits per heavy atom. The molecule has 18 heavy (non-hydrogen) atoms. The molecule has 2 heterocycles. The normalized spacial score (nSPS) is 10.7. The summed E-state index contributed by atoms with van der Waals surface area (Å²) < 4.78 is 5.13. The maximum absolute atomic E-state index is 10.7. The van der Waals surface area contributed by atoms with E-state index in [9.17, 15) is 4.79 Å². The molecule has 0 aliphatic rings. The van der Waals surface area contributed by atoms with Crippen LogP contribution in [0.4, 0.5) is 0 Å². The number of hydrogen-bond acceptors (Lipinski definition) is 5. The van der Waals surface area contributed by atoms with Gasteiger partial charge >= 0.3 is 5.97 Å². The second kappa shape index (κ2) is 5.79. The Morgan fingerprint density at radius 2 is 2.39 bits per heavy atom. The molecule has 0 amide bonds. The summed E-state index contributed by atoms with van der Waals surface area (Å²) in [5, 5.41) is 12.9. The number of hydrogen-bond donors (Lipinski definition) is 2. The fourth-order valence-corrected chi connectivity index (χ4v) is 2.30. The van der Waals surface area contributed by atoms with E-state index in [1.807, 2.05) is 6.20 Å². The lowest BCUT2D eigenvalue weighted by molar-refractivity contribution is 0.0696. The van der Waals surface area contributed by atoms with E-state index in [0.29, 0.717) is 18.8 Å². The summed E-state index contributed by atoms with van der Waals surface area (Å²) in [5.41, 5.74) is 0.175. The van der Waals surface area contributed by atoms with Crippen molar-refractivity contribution in [3.63, 3.8) is 0 Å². The van der Waals surface area contributed by atoms with E-state index >= 15 is 0 Å². The van der Waals surface area contributed by atoms with Crippen molar-refractivity contribution in [3.8, 4) is 0 Å². The van der Waals surface area contributed by atoms with Crippen molar-refractivity contribution in [3.05, 3.63) is 39.7 Å². The lowest BCUT2D eigenvalue weighted by atomic mass is 10.3. The molecule has 0 saturated heterocycles. The SMILES string of the molecule is CCc1cnc(CNCc2cc(C(=O)O)co2)s1. The fraction of sp³-hybridized carbons (Fsp3) is 0.333. The zero-order chi connectivity index (χ0) is 13.0. The van der Waals surface area contributed by atoms with Crippen LogP contribution >= 0.6 is 11.3 Å². The number of carboxylic acid groups (broad SMARTS) is 1. The van der Waals surface area contributed by atoms with Gasteiger partial charge in [0.05, 0.1) is 12.1 Å². The summed E-state index contributed by atoms with van der Waals surface area (Å²) in [5.74, 6) is -0.364. The molecule has 0 unspecified atom stereocenters. The minimum Gasteiger partial charge on any atom is -0.478 e. The van der Waals surface area contributed by atoms with Crippen LogP contribution in [0.15, 0.2) is 22.9 Å². The number of aryl methyl sites for hydroxylation is 1. The first-order valence-electron chi connectivity index (χ1n) is 5.64. The maximum Gasteiger partial charge on any atom is 0.338 e. The van der Waals surface area contributed by atoms with Crippen molar-refractivity contribution in [2.45, 2.75) is 26.4 Å². The third kappa shape index (κ3) is 3.18. The molecule has 0 aromatic carbocycles. The van der Waals surface area contributed by atoms with E-state index in [2.05, 4.69) is 17.2 Å². The minimum absolute atomic E-state index is 0.175. The molecular formula is C12H14N2O3S. The molecule has 0 spiro atoms. The summed E-state index contributed by atoms with van der Waals surface area (Å²) in [6, 6.07) is 1.52.